The van der Waals surface area contributed by atoms with E-state index in [9.17, 15) is 9.59 Å². The normalized spacial score (nSPS) is 11.4. The number of nitrogens with one attached hydrogen (secondary N) is 1. The molecule has 1 aromatic carbocycles. The van der Waals surface area contributed by atoms with Crippen molar-refractivity contribution in [3.63, 3.8) is 0 Å². The van der Waals surface area contributed by atoms with Crippen LogP contribution >= 0.6 is 23.2 Å². The van der Waals surface area contributed by atoms with Gasteiger partial charge in [-0.05, 0) is 45.0 Å². The monoisotopic (exact) mass is 617 g/mol. The molecule has 0 saturated carbocycles. The lowest BCUT2D eigenvalue weighted by Gasteiger charge is -2.20. The minimum atomic E-state index is -0.607. The summed E-state index contributed by atoms with van der Waals surface area (Å²) in [6.45, 7) is 5.57. The van der Waals surface area contributed by atoms with Crippen LogP contribution in [0.3, 0.4) is 0 Å². The Kier molecular flexibility index (Phi) is 8.39. The van der Waals surface area contributed by atoms with Gasteiger partial charge in [0.25, 0.3) is 0 Å². The van der Waals surface area contributed by atoms with Gasteiger partial charge >= 0.3 is 6.09 Å². The highest BCUT2D eigenvalue weighted by Crippen LogP contribution is 2.42. The third kappa shape index (κ3) is 6.18. The van der Waals surface area contributed by atoms with Crippen LogP contribution in [0.5, 0.6) is 5.88 Å². The standard InChI is InChI=1S/C32H29Cl2N5O4/c1-32(2,3)43-31(41)37-14-18-9-10-24(38-30(18)42-5)23-8-6-7-21(26(23)33)22-11-12-35-29(27(22)34)19-13-25-28(36-15-19)20(17-40)16-39(25)4/h6-13,15-17H,14H2,1-5H3,(H,37,41). The Hall–Kier alpha value is -4.47. The molecule has 11 heteroatoms. The van der Waals surface area contributed by atoms with Gasteiger partial charge < -0.3 is 19.4 Å². The predicted molar refractivity (Wildman–Crippen MR) is 168 cm³/mol. The number of alkyl carbamates (subject to hydrolysis) is 1. The number of benzene rings is 1. The summed E-state index contributed by atoms with van der Waals surface area (Å²) >= 11 is 13.9. The maximum absolute atomic E-state index is 12.1. The molecule has 4 heterocycles. The second kappa shape index (κ2) is 12.0. The molecule has 0 radical (unpaired) electrons. The summed E-state index contributed by atoms with van der Waals surface area (Å²) in [5.41, 5.74) is 5.85. The Morgan fingerprint density at radius 3 is 2.51 bits per heavy atom. The molecule has 4 aromatic heterocycles. The minimum Gasteiger partial charge on any atom is -0.481 e. The first kappa shape index (κ1) is 30.0. The van der Waals surface area contributed by atoms with Crippen LogP contribution in [0.15, 0.2) is 61.1 Å². The van der Waals surface area contributed by atoms with Crippen LogP contribution in [0.25, 0.3) is 44.7 Å². The van der Waals surface area contributed by atoms with E-state index >= 15 is 0 Å². The molecule has 0 fully saturated rings. The number of rotatable bonds is 7. The van der Waals surface area contributed by atoms with Crippen LogP contribution in [0.4, 0.5) is 4.79 Å². The lowest BCUT2D eigenvalue weighted by atomic mass is 9.99. The number of carbonyl (C=O) groups excluding carboxylic acids is 2. The molecular formula is C32H29Cl2N5O4. The first-order chi connectivity index (χ1) is 20.5. The number of nitrogens with zero attached hydrogens (tertiary/aromatic N) is 4. The van der Waals surface area contributed by atoms with Gasteiger partial charge in [0.05, 0.1) is 51.7 Å². The van der Waals surface area contributed by atoms with Gasteiger partial charge in [-0.25, -0.2) is 9.78 Å². The van der Waals surface area contributed by atoms with Gasteiger partial charge in [0, 0.05) is 53.5 Å². The lowest BCUT2D eigenvalue weighted by molar-refractivity contribution is 0.0523. The van der Waals surface area contributed by atoms with Gasteiger partial charge in [0.2, 0.25) is 5.88 Å². The third-order valence-corrected chi connectivity index (χ3v) is 7.45. The topological polar surface area (TPSA) is 108 Å². The van der Waals surface area contributed by atoms with E-state index < -0.39 is 11.7 Å². The van der Waals surface area contributed by atoms with Crippen molar-refractivity contribution in [3.05, 3.63) is 82.2 Å². The number of methoxy groups -OCH3 is 1. The lowest BCUT2D eigenvalue weighted by Crippen LogP contribution is -2.32. The Balaban J connectivity index is 1.48. The van der Waals surface area contributed by atoms with Crippen molar-refractivity contribution < 1.29 is 19.1 Å². The fourth-order valence-electron chi connectivity index (χ4n) is 4.70. The smallest absolute Gasteiger partial charge is 0.407 e. The van der Waals surface area contributed by atoms with Crippen LogP contribution in [0.1, 0.15) is 36.7 Å². The third-order valence-electron chi connectivity index (χ3n) is 6.66. The number of hydrogen-bond acceptors (Lipinski definition) is 7. The molecule has 1 amide bonds. The molecule has 9 nitrogen and oxygen atoms in total. The number of hydrogen-bond donors (Lipinski definition) is 1. The number of aldehydes is 1. The quantitative estimate of drug-likeness (QED) is 0.188. The zero-order chi connectivity index (χ0) is 30.9. The summed E-state index contributed by atoms with van der Waals surface area (Å²) in [6, 6.07) is 12.9. The van der Waals surface area contributed by atoms with Crippen molar-refractivity contribution in [1.29, 1.82) is 0 Å². The van der Waals surface area contributed by atoms with Gasteiger partial charge in [0.15, 0.2) is 6.29 Å². The van der Waals surface area contributed by atoms with E-state index in [1.165, 1.54) is 7.11 Å². The summed E-state index contributed by atoms with van der Waals surface area (Å²) in [5, 5.41) is 3.58. The van der Waals surface area contributed by atoms with Crippen molar-refractivity contribution in [2.45, 2.75) is 32.9 Å². The summed E-state index contributed by atoms with van der Waals surface area (Å²) in [5.74, 6) is 0.348. The van der Waals surface area contributed by atoms with Crippen LogP contribution in [-0.4, -0.2) is 44.6 Å². The average molecular weight is 619 g/mol. The van der Waals surface area contributed by atoms with Gasteiger partial charge in [-0.1, -0.05) is 41.4 Å². The van der Waals surface area contributed by atoms with E-state index in [-0.39, 0.29) is 6.54 Å². The van der Waals surface area contributed by atoms with E-state index in [1.54, 1.807) is 45.4 Å². The average Bonchev–Trinajstić information content (AvgIpc) is 3.30. The summed E-state index contributed by atoms with van der Waals surface area (Å²) in [6.07, 6.45) is 5.31. The number of amides is 1. The Morgan fingerprint density at radius 1 is 1.05 bits per heavy atom. The SMILES string of the molecule is COc1nc(-c2cccc(-c3ccnc(-c4cnc5c(C=O)cn(C)c5c4)c3Cl)c2Cl)ccc1CNC(=O)OC(C)(C)C. The van der Waals surface area contributed by atoms with E-state index in [0.717, 1.165) is 11.8 Å². The number of fused-ring (bicyclic) bond motifs is 1. The number of halogens is 2. The van der Waals surface area contributed by atoms with Crippen LogP contribution in [-0.2, 0) is 18.3 Å². The van der Waals surface area contributed by atoms with Crippen molar-refractivity contribution in [3.8, 4) is 39.5 Å². The number of ether oxygens (including phenoxy) is 2. The molecule has 0 aliphatic heterocycles. The van der Waals surface area contributed by atoms with E-state index in [0.29, 0.717) is 66.2 Å². The number of carbonyl (C=O) groups is 2. The van der Waals surface area contributed by atoms with Gasteiger partial charge in [0.1, 0.15) is 5.60 Å². The summed E-state index contributed by atoms with van der Waals surface area (Å²) in [7, 11) is 3.37. The number of aromatic nitrogens is 4. The Morgan fingerprint density at radius 2 is 1.79 bits per heavy atom. The van der Waals surface area contributed by atoms with Crippen molar-refractivity contribution in [2.75, 3.05) is 7.11 Å². The molecule has 5 aromatic rings. The second-order valence-electron chi connectivity index (χ2n) is 10.8. The summed E-state index contributed by atoms with van der Waals surface area (Å²) in [4.78, 5) is 37.2. The Labute approximate surface area is 258 Å². The largest absolute Gasteiger partial charge is 0.481 e. The molecule has 0 unspecified atom stereocenters. The summed E-state index contributed by atoms with van der Waals surface area (Å²) < 4.78 is 12.7. The molecule has 43 heavy (non-hydrogen) atoms. The Bertz CT molecular complexity index is 1860. The molecule has 220 valence electrons. The highest BCUT2D eigenvalue weighted by atomic mass is 35.5. The fourth-order valence-corrected chi connectivity index (χ4v) is 5.35. The second-order valence-corrected chi connectivity index (χ2v) is 11.6. The zero-order valence-electron chi connectivity index (χ0n) is 24.2. The van der Waals surface area contributed by atoms with Gasteiger partial charge in [-0.3, -0.25) is 14.8 Å². The maximum Gasteiger partial charge on any atom is 0.407 e. The van der Waals surface area contributed by atoms with Crippen LogP contribution in [0, 0.1) is 0 Å². The highest BCUT2D eigenvalue weighted by molar-refractivity contribution is 6.39. The fraction of sp³-hybridized carbons (Fsp3) is 0.219. The molecule has 0 saturated heterocycles. The van der Waals surface area contributed by atoms with Crippen molar-refractivity contribution >= 4 is 46.6 Å². The highest BCUT2D eigenvalue weighted by Gasteiger charge is 2.20. The van der Waals surface area contributed by atoms with E-state index in [4.69, 9.17) is 32.7 Å². The first-order valence-corrected chi connectivity index (χ1v) is 14.1. The molecule has 0 aliphatic rings. The van der Waals surface area contributed by atoms with Crippen LogP contribution in [0.2, 0.25) is 10.0 Å². The van der Waals surface area contributed by atoms with E-state index in [2.05, 4.69) is 20.3 Å². The van der Waals surface area contributed by atoms with Crippen molar-refractivity contribution in [2.24, 2.45) is 7.05 Å². The van der Waals surface area contributed by atoms with E-state index in [1.807, 2.05) is 48.0 Å². The molecule has 5 rings (SSSR count). The van der Waals surface area contributed by atoms with Gasteiger partial charge in [-0.2, -0.15) is 0 Å². The van der Waals surface area contributed by atoms with Crippen molar-refractivity contribution in [1.82, 2.24) is 24.8 Å². The first-order valence-electron chi connectivity index (χ1n) is 13.4. The zero-order valence-corrected chi connectivity index (χ0v) is 25.7. The maximum atomic E-state index is 12.1. The van der Waals surface area contributed by atoms with Crippen LogP contribution < -0.4 is 10.1 Å². The predicted octanol–water partition coefficient (Wildman–Crippen LogP) is 7.52. The number of aryl methyl sites for hydroxylation is 1. The molecule has 0 atom stereocenters. The molecular weight excluding hydrogens is 589 g/mol. The molecule has 1 N–H and O–H groups in total. The number of pyridine rings is 3. The molecule has 0 spiro atoms. The molecule has 0 bridgehead atoms. The minimum absolute atomic E-state index is 0.175. The molecule has 0 aliphatic carbocycles. The van der Waals surface area contributed by atoms with Gasteiger partial charge in [-0.15, -0.1) is 0 Å².